The van der Waals surface area contributed by atoms with E-state index in [0.29, 0.717) is 5.91 Å². The van der Waals surface area contributed by atoms with Gasteiger partial charge in [-0.15, -0.1) is 11.8 Å². The maximum Gasteiger partial charge on any atom is 0.236 e. The molecule has 21 heavy (non-hydrogen) atoms. The lowest BCUT2D eigenvalue weighted by molar-refractivity contribution is -0.131. The summed E-state index contributed by atoms with van der Waals surface area (Å²) in [4.78, 5) is 16.1. The van der Waals surface area contributed by atoms with Crippen LogP contribution in [0.15, 0.2) is 29.2 Å². The molecule has 3 rings (SSSR count). The van der Waals surface area contributed by atoms with E-state index < -0.39 is 0 Å². The molecular weight excluding hydrogens is 280 g/mol. The average Bonchev–Trinajstić information content (AvgIpc) is 2.96. The van der Waals surface area contributed by atoms with Crippen LogP contribution in [0.25, 0.3) is 0 Å². The quantitative estimate of drug-likeness (QED) is 0.928. The van der Waals surface area contributed by atoms with Gasteiger partial charge in [-0.3, -0.25) is 4.79 Å². The summed E-state index contributed by atoms with van der Waals surface area (Å²) >= 11 is 1.75. The minimum Gasteiger partial charge on any atom is -0.342 e. The fourth-order valence-corrected chi connectivity index (χ4v) is 4.59. The van der Waals surface area contributed by atoms with Gasteiger partial charge in [0.2, 0.25) is 5.91 Å². The molecule has 114 valence electrons. The number of likely N-dealkylation sites (tertiary alicyclic amines) is 1. The first-order valence-corrected chi connectivity index (χ1v) is 8.84. The number of carbonyl (C=O) groups is 1. The van der Waals surface area contributed by atoms with Crippen molar-refractivity contribution in [3.8, 4) is 0 Å². The van der Waals surface area contributed by atoms with E-state index in [1.54, 1.807) is 11.8 Å². The maximum absolute atomic E-state index is 12.7. The molecule has 1 unspecified atom stereocenters. The molecule has 0 spiro atoms. The summed E-state index contributed by atoms with van der Waals surface area (Å²) in [7, 11) is 2.01. The summed E-state index contributed by atoms with van der Waals surface area (Å²) in [6.07, 6.45) is 4.47. The number of thioether (sulfide) groups is 1. The Morgan fingerprint density at radius 2 is 2.10 bits per heavy atom. The van der Waals surface area contributed by atoms with E-state index in [-0.39, 0.29) is 5.25 Å². The highest BCUT2D eigenvalue weighted by atomic mass is 32.2. The zero-order chi connectivity index (χ0) is 14.7. The second-order valence-corrected chi connectivity index (χ2v) is 7.32. The molecule has 1 fully saturated rings. The predicted molar refractivity (Wildman–Crippen MR) is 87.6 cm³/mol. The summed E-state index contributed by atoms with van der Waals surface area (Å²) in [5.41, 5.74) is 1.34. The molecule has 2 aliphatic rings. The fourth-order valence-electron chi connectivity index (χ4n) is 3.31. The first-order valence-electron chi connectivity index (χ1n) is 7.96. The van der Waals surface area contributed by atoms with E-state index in [0.717, 1.165) is 44.8 Å². The van der Waals surface area contributed by atoms with Crippen LogP contribution in [0.1, 0.15) is 24.8 Å². The third-order valence-corrected chi connectivity index (χ3v) is 5.96. The van der Waals surface area contributed by atoms with Crippen LogP contribution in [0.3, 0.4) is 0 Å². The summed E-state index contributed by atoms with van der Waals surface area (Å²) < 4.78 is 0. The zero-order valence-electron chi connectivity index (χ0n) is 12.7. The van der Waals surface area contributed by atoms with E-state index >= 15 is 0 Å². The van der Waals surface area contributed by atoms with Crippen molar-refractivity contribution in [2.45, 2.75) is 35.8 Å². The molecule has 1 aromatic rings. The van der Waals surface area contributed by atoms with Gasteiger partial charge in [0, 0.05) is 18.0 Å². The van der Waals surface area contributed by atoms with Gasteiger partial charge in [0.1, 0.15) is 0 Å². The van der Waals surface area contributed by atoms with E-state index in [4.69, 9.17) is 0 Å². The Labute approximate surface area is 131 Å². The number of hydrogen-bond acceptors (Lipinski definition) is 3. The summed E-state index contributed by atoms with van der Waals surface area (Å²) in [6, 6.07) is 8.42. The number of nitrogens with zero attached hydrogens (tertiary/aromatic N) is 1. The van der Waals surface area contributed by atoms with Crippen LogP contribution in [-0.4, -0.2) is 42.7 Å². The van der Waals surface area contributed by atoms with Crippen LogP contribution in [-0.2, 0) is 11.2 Å². The van der Waals surface area contributed by atoms with Gasteiger partial charge in [-0.1, -0.05) is 18.2 Å². The lowest BCUT2D eigenvalue weighted by Crippen LogP contribution is -2.43. The molecule has 3 nitrogen and oxygen atoms in total. The van der Waals surface area contributed by atoms with Crippen molar-refractivity contribution < 1.29 is 4.79 Å². The maximum atomic E-state index is 12.7. The second-order valence-electron chi connectivity index (χ2n) is 6.08. The summed E-state index contributed by atoms with van der Waals surface area (Å²) in [6.45, 7) is 2.98. The number of rotatable bonds is 4. The van der Waals surface area contributed by atoms with E-state index in [1.165, 1.54) is 16.9 Å². The number of fused-ring (bicyclic) bond motifs is 1. The molecule has 1 N–H and O–H groups in total. The highest BCUT2D eigenvalue weighted by Gasteiger charge is 2.32. The van der Waals surface area contributed by atoms with Crippen molar-refractivity contribution in [2.75, 3.05) is 26.7 Å². The Bertz CT molecular complexity index is 472. The van der Waals surface area contributed by atoms with Crippen molar-refractivity contribution in [3.05, 3.63) is 29.8 Å². The van der Waals surface area contributed by atoms with Crippen molar-refractivity contribution in [1.82, 2.24) is 10.2 Å². The van der Waals surface area contributed by atoms with E-state index in [1.807, 2.05) is 7.05 Å². The van der Waals surface area contributed by atoms with Crippen LogP contribution in [0.2, 0.25) is 0 Å². The summed E-state index contributed by atoms with van der Waals surface area (Å²) in [5.74, 6) is 1.14. The Morgan fingerprint density at radius 3 is 2.81 bits per heavy atom. The minimum atomic E-state index is 0.108. The van der Waals surface area contributed by atoms with Gasteiger partial charge in [0.25, 0.3) is 0 Å². The van der Waals surface area contributed by atoms with Crippen molar-refractivity contribution in [1.29, 1.82) is 0 Å². The second kappa shape index (κ2) is 6.84. The van der Waals surface area contributed by atoms with Gasteiger partial charge in [-0.25, -0.2) is 0 Å². The number of hydrogen-bond donors (Lipinski definition) is 1. The average molecular weight is 304 g/mol. The van der Waals surface area contributed by atoms with Crippen LogP contribution >= 0.6 is 11.8 Å². The third kappa shape index (κ3) is 3.43. The van der Waals surface area contributed by atoms with Crippen LogP contribution in [0, 0.1) is 5.92 Å². The van der Waals surface area contributed by atoms with Gasteiger partial charge >= 0.3 is 0 Å². The number of benzene rings is 1. The van der Waals surface area contributed by atoms with Crippen molar-refractivity contribution in [2.24, 2.45) is 5.92 Å². The molecule has 0 bridgehead atoms. The zero-order valence-corrected chi connectivity index (χ0v) is 13.5. The van der Waals surface area contributed by atoms with Gasteiger partial charge in [0.15, 0.2) is 0 Å². The van der Waals surface area contributed by atoms with Gasteiger partial charge in [-0.2, -0.15) is 0 Å². The van der Waals surface area contributed by atoms with Gasteiger partial charge in [0.05, 0.1) is 5.25 Å². The van der Waals surface area contributed by atoms with Crippen LogP contribution in [0.4, 0.5) is 0 Å². The normalized spacial score (nSPS) is 22.3. The molecule has 1 saturated heterocycles. The monoisotopic (exact) mass is 304 g/mol. The molecule has 1 amide bonds. The van der Waals surface area contributed by atoms with Crippen molar-refractivity contribution in [3.63, 3.8) is 0 Å². The smallest absolute Gasteiger partial charge is 0.236 e. The molecule has 1 aromatic carbocycles. The molecule has 0 saturated carbocycles. The first-order chi connectivity index (χ1) is 10.3. The summed E-state index contributed by atoms with van der Waals surface area (Å²) in [5, 5.41) is 3.33. The SMILES string of the molecule is CNCCC1CCN(C(=O)C2Cc3ccccc3S2)CC1. The van der Waals surface area contributed by atoms with Crippen molar-refractivity contribution >= 4 is 17.7 Å². The van der Waals surface area contributed by atoms with Crippen LogP contribution < -0.4 is 5.32 Å². The molecule has 0 aromatic heterocycles. The molecule has 4 heteroatoms. The molecule has 1 atom stereocenters. The fraction of sp³-hybridized carbons (Fsp3) is 0.588. The molecule has 0 aliphatic carbocycles. The van der Waals surface area contributed by atoms with Gasteiger partial charge in [-0.05, 0) is 56.8 Å². The highest BCUT2D eigenvalue weighted by molar-refractivity contribution is 8.01. The third-order valence-electron chi connectivity index (χ3n) is 4.65. The predicted octanol–water partition coefficient (Wildman–Crippen LogP) is 2.55. The number of piperidine rings is 1. The number of nitrogens with one attached hydrogen (secondary N) is 1. The van der Waals surface area contributed by atoms with E-state index in [2.05, 4.69) is 34.5 Å². The molecule has 0 radical (unpaired) electrons. The van der Waals surface area contributed by atoms with Gasteiger partial charge < -0.3 is 10.2 Å². The Kier molecular flexibility index (Phi) is 4.86. The number of carbonyl (C=O) groups excluding carboxylic acids is 1. The Hall–Kier alpha value is -1.00. The molecule has 2 heterocycles. The topological polar surface area (TPSA) is 32.3 Å². The molecular formula is C17H24N2OS. The highest BCUT2D eigenvalue weighted by Crippen LogP contribution is 2.38. The lowest BCUT2D eigenvalue weighted by Gasteiger charge is -2.33. The minimum absolute atomic E-state index is 0.108. The van der Waals surface area contributed by atoms with E-state index in [9.17, 15) is 4.79 Å². The number of amides is 1. The Balaban J connectivity index is 1.52. The lowest BCUT2D eigenvalue weighted by atomic mass is 9.93. The standard InChI is InChI=1S/C17H24N2OS/c1-18-9-6-13-7-10-19(11-8-13)17(20)16-12-14-4-2-3-5-15(14)21-16/h2-5,13,16,18H,6-12H2,1H3. The largest absolute Gasteiger partial charge is 0.342 e. The Morgan fingerprint density at radius 1 is 1.33 bits per heavy atom. The first kappa shape index (κ1) is 14.9. The van der Waals surface area contributed by atoms with Crippen LogP contribution in [0.5, 0.6) is 0 Å². The molecule has 2 aliphatic heterocycles.